The van der Waals surface area contributed by atoms with Gasteiger partial charge < -0.3 is 5.32 Å². The van der Waals surface area contributed by atoms with Crippen LogP contribution in [0.5, 0.6) is 0 Å². The number of pyridine rings is 1. The van der Waals surface area contributed by atoms with Gasteiger partial charge in [0.05, 0.1) is 11.2 Å². The molecule has 0 atom stereocenters. The molecule has 1 amide bonds. The molecular formula is C24H17ClN4O2S. The van der Waals surface area contributed by atoms with Crippen LogP contribution in [0.3, 0.4) is 0 Å². The summed E-state index contributed by atoms with van der Waals surface area (Å²) in [5.41, 5.74) is 2.78. The van der Waals surface area contributed by atoms with Crippen LogP contribution in [0.2, 0.25) is 5.02 Å². The molecule has 0 spiro atoms. The molecule has 0 aliphatic rings. The number of hydrogen-bond donors (Lipinski definition) is 1. The van der Waals surface area contributed by atoms with E-state index in [4.69, 9.17) is 16.6 Å². The summed E-state index contributed by atoms with van der Waals surface area (Å²) in [6.45, 7) is 1.58. The second-order valence-corrected chi connectivity index (χ2v) is 8.74. The maximum atomic E-state index is 13.2. The number of anilines is 1. The van der Waals surface area contributed by atoms with E-state index in [1.54, 1.807) is 31.2 Å². The number of aryl methyl sites for hydroxylation is 1. The van der Waals surface area contributed by atoms with E-state index in [0.717, 1.165) is 21.5 Å². The lowest BCUT2D eigenvalue weighted by atomic mass is 10.1. The Morgan fingerprint density at radius 2 is 1.88 bits per heavy atom. The minimum Gasteiger partial charge on any atom is -0.324 e. The van der Waals surface area contributed by atoms with Crippen LogP contribution in [0.15, 0.2) is 71.5 Å². The van der Waals surface area contributed by atoms with Crippen molar-refractivity contribution in [1.82, 2.24) is 14.5 Å². The van der Waals surface area contributed by atoms with E-state index in [1.165, 1.54) is 15.9 Å². The van der Waals surface area contributed by atoms with Gasteiger partial charge in [0.25, 0.3) is 5.56 Å². The van der Waals surface area contributed by atoms with Crippen molar-refractivity contribution in [1.29, 1.82) is 0 Å². The monoisotopic (exact) mass is 460 g/mol. The van der Waals surface area contributed by atoms with Crippen molar-refractivity contribution in [2.45, 2.75) is 13.5 Å². The highest BCUT2D eigenvalue weighted by Crippen LogP contribution is 2.31. The minimum atomic E-state index is -0.329. The maximum absolute atomic E-state index is 13.2. The lowest BCUT2D eigenvalue weighted by Crippen LogP contribution is -2.29. The number of nitrogens with one attached hydrogen (secondary N) is 1. The molecule has 0 unspecified atom stereocenters. The second-order valence-electron chi connectivity index (χ2n) is 7.30. The topological polar surface area (TPSA) is 76.9 Å². The Morgan fingerprint density at radius 3 is 2.66 bits per heavy atom. The zero-order chi connectivity index (χ0) is 22.2. The van der Waals surface area contributed by atoms with Crippen LogP contribution in [-0.4, -0.2) is 20.4 Å². The van der Waals surface area contributed by atoms with Crippen molar-refractivity contribution in [3.05, 3.63) is 87.9 Å². The van der Waals surface area contributed by atoms with Gasteiger partial charge >= 0.3 is 0 Å². The van der Waals surface area contributed by atoms with Crippen LogP contribution in [0.4, 0.5) is 5.69 Å². The second kappa shape index (κ2) is 8.18. The van der Waals surface area contributed by atoms with Crippen molar-refractivity contribution in [2.24, 2.45) is 0 Å². The molecule has 0 fully saturated rings. The lowest BCUT2D eigenvalue weighted by molar-refractivity contribution is -0.116. The van der Waals surface area contributed by atoms with Crippen LogP contribution in [0.1, 0.15) is 5.82 Å². The predicted molar refractivity (Wildman–Crippen MR) is 129 cm³/mol. The van der Waals surface area contributed by atoms with Gasteiger partial charge in [0.2, 0.25) is 5.91 Å². The first-order chi connectivity index (χ1) is 15.5. The number of thiophene rings is 1. The first kappa shape index (κ1) is 20.4. The molecule has 0 aliphatic carbocycles. The highest BCUT2D eigenvalue weighted by atomic mass is 35.5. The average molecular weight is 461 g/mol. The number of benzene rings is 2. The number of carbonyl (C=O) groups excluding carboxylic acids is 1. The molecule has 0 saturated heterocycles. The van der Waals surface area contributed by atoms with Crippen LogP contribution >= 0.6 is 22.9 Å². The van der Waals surface area contributed by atoms with E-state index in [-0.39, 0.29) is 18.0 Å². The minimum absolute atomic E-state index is 0.142. The number of hydrogen-bond acceptors (Lipinski definition) is 5. The largest absolute Gasteiger partial charge is 0.324 e. The van der Waals surface area contributed by atoms with Crippen molar-refractivity contribution in [3.63, 3.8) is 0 Å². The Hall–Kier alpha value is -3.55. The average Bonchev–Trinajstić information content (AvgIpc) is 3.15. The van der Waals surface area contributed by atoms with Crippen LogP contribution in [0.25, 0.3) is 31.7 Å². The summed E-state index contributed by atoms with van der Waals surface area (Å²) in [5.74, 6) is 0.139. The van der Waals surface area contributed by atoms with Gasteiger partial charge in [-0.2, -0.15) is 0 Å². The molecule has 1 N–H and O–H groups in total. The first-order valence-corrected chi connectivity index (χ1v) is 11.1. The zero-order valence-electron chi connectivity index (χ0n) is 17.0. The summed E-state index contributed by atoms with van der Waals surface area (Å²) in [6, 6.07) is 20.6. The molecule has 3 aromatic heterocycles. The number of rotatable bonds is 4. The molecule has 3 heterocycles. The highest BCUT2D eigenvalue weighted by molar-refractivity contribution is 7.25. The van der Waals surface area contributed by atoms with Gasteiger partial charge in [0, 0.05) is 21.7 Å². The third-order valence-electron chi connectivity index (χ3n) is 5.11. The van der Waals surface area contributed by atoms with Gasteiger partial charge in [0.15, 0.2) is 0 Å². The fraction of sp³-hybridized carbons (Fsp3) is 0.0833. The van der Waals surface area contributed by atoms with Gasteiger partial charge in [-0.25, -0.2) is 9.97 Å². The summed E-state index contributed by atoms with van der Waals surface area (Å²) in [4.78, 5) is 35.9. The molecule has 0 aliphatic heterocycles. The molecule has 0 radical (unpaired) electrons. The fourth-order valence-electron chi connectivity index (χ4n) is 3.58. The number of amides is 1. The summed E-state index contributed by atoms with van der Waals surface area (Å²) < 4.78 is 1.87. The Kier molecular flexibility index (Phi) is 5.20. The van der Waals surface area contributed by atoms with Crippen LogP contribution in [-0.2, 0) is 11.3 Å². The first-order valence-electron chi connectivity index (χ1n) is 9.91. The van der Waals surface area contributed by atoms with Gasteiger partial charge in [-0.1, -0.05) is 48.0 Å². The molecule has 0 bridgehead atoms. The molecule has 158 valence electrons. The summed E-state index contributed by atoms with van der Waals surface area (Å²) in [5, 5.41) is 4.12. The smallest absolute Gasteiger partial charge is 0.272 e. The van der Waals surface area contributed by atoms with Crippen molar-refractivity contribution in [3.8, 4) is 11.3 Å². The number of carbonyl (C=O) groups is 1. The quantitative estimate of drug-likeness (QED) is 0.396. The van der Waals surface area contributed by atoms with E-state index >= 15 is 0 Å². The van der Waals surface area contributed by atoms with E-state index in [9.17, 15) is 9.59 Å². The van der Waals surface area contributed by atoms with E-state index in [2.05, 4.69) is 10.3 Å². The maximum Gasteiger partial charge on any atom is 0.272 e. The SMILES string of the molecule is Cc1nc2c(sc3nc(-c4ccccc4)ccc32)c(=O)n1CC(=O)Nc1cccc(Cl)c1. The molecule has 8 heteroatoms. The van der Waals surface area contributed by atoms with Crippen LogP contribution in [0, 0.1) is 6.92 Å². The van der Waals surface area contributed by atoms with Crippen molar-refractivity contribution in [2.75, 3.05) is 5.32 Å². The summed E-state index contributed by atoms with van der Waals surface area (Å²) in [7, 11) is 0. The number of nitrogens with zero attached hydrogens (tertiary/aromatic N) is 3. The zero-order valence-corrected chi connectivity index (χ0v) is 18.6. The molecule has 32 heavy (non-hydrogen) atoms. The van der Waals surface area contributed by atoms with Crippen molar-refractivity contribution >= 4 is 55.0 Å². The predicted octanol–water partition coefficient (Wildman–Crippen LogP) is 5.27. The normalized spacial score (nSPS) is 11.2. The molecule has 6 nitrogen and oxygen atoms in total. The van der Waals surface area contributed by atoms with Crippen LogP contribution < -0.4 is 10.9 Å². The Morgan fingerprint density at radius 1 is 1.06 bits per heavy atom. The fourth-order valence-corrected chi connectivity index (χ4v) is 4.83. The number of aromatic nitrogens is 3. The third kappa shape index (κ3) is 3.77. The summed E-state index contributed by atoms with van der Waals surface area (Å²) >= 11 is 7.27. The number of halogens is 1. The molecule has 0 saturated carbocycles. The Bertz CT molecular complexity index is 1540. The van der Waals surface area contributed by atoms with Gasteiger partial charge in [-0.05, 0) is 37.3 Å². The Balaban J connectivity index is 1.52. The van der Waals surface area contributed by atoms with Crippen molar-refractivity contribution < 1.29 is 4.79 Å². The molecular weight excluding hydrogens is 444 g/mol. The highest BCUT2D eigenvalue weighted by Gasteiger charge is 2.17. The Labute approximate surface area is 192 Å². The molecule has 2 aromatic carbocycles. The number of fused-ring (bicyclic) bond motifs is 3. The lowest BCUT2D eigenvalue weighted by Gasteiger charge is -2.10. The molecule has 5 rings (SSSR count). The summed E-state index contributed by atoms with van der Waals surface area (Å²) in [6.07, 6.45) is 0. The standard InChI is InChI=1S/C24H17ClN4O2S/c1-14-26-21-18-10-11-19(15-6-3-2-4-7-15)28-23(18)32-22(21)24(31)29(14)13-20(30)27-17-9-5-8-16(25)12-17/h2-12H,13H2,1H3,(H,27,30). The van der Waals surface area contributed by atoms with Gasteiger partial charge in [-0.3, -0.25) is 14.2 Å². The van der Waals surface area contributed by atoms with Gasteiger partial charge in [0.1, 0.15) is 21.9 Å². The van der Waals surface area contributed by atoms with E-state index < -0.39 is 0 Å². The van der Waals surface area contributed by atoms with E-state index in [1.807, 2.05) is 42.5 Å². The van der Waals surface area contributed by atoms with E-state index in [0.29, 0.717) is 26.8 Å². The molecule has 5 aromatic rings. The van der Waals surface area contributed by atoms with Gasteiger partial charge in [-0.15, -0.1) is 11.3 Å². The third-order valence-corrected chi connectivity index (χ3v) is 6.42.